The van der Waals surface area contributed by atoms with Gasteiger partial charge in [0, 0.05) is 0 Å². The third-order valence-corrected chi connectivity index (χ3v) is 5.56. The van der Waals surface area contributed by atoms with Crippen LogP contribution in [-0.4, -0.2) is 25.2 Å². The lowest BCUT2D eigenvalue weighted by Crippen LogP contribution is -2.17. The summed E-state index contributed by atoms with van der Waals surface area (Å²) in [5.41, 5.74) is 1.67. The molecule has 0 aliphatic carbocycles. The van der Waals surface area contributed by atoms with Gasteiger partial charge in [-0.3, -0.25) is 0 Å². The van der Waals surface area contributed by atoms with Crippen molar-refractivity contribution in [3.05, 3.63) is 59.7 Å². The van der Waals surface area contributed by atoms with Gasteiger partial charge in [-0.2, -0.15) is 0 Å². The molecule has 1 unspecified atom stereocenters. The van der Waals surface area contributed by atoms with Crippen molar-refractivity contribution in [2.45, 2.75) is 23.5 Å². The molecule has 2 rings (SSSR count). The van der Waals surface area contributed by atoms with Crippen LogP contribution in [0.1, 0.15) is 23.3 Å². The Balaban J connectivity index is 2.41. The molecule has 0 spiro atoms. The highest BCUT2D eigenvalue weighted by Crippen LogP contribution is 2.29. The number of phenolic OH excluding ortho intramolecular Hbond substituents is 1. The van der Waals surface area contributed by atoms with Gasteiger partial charge in [0.15, 0.2) is 9.84 Å². The molecule has 0 saturated carbocycles. The Morgan fingerprint density at radius 3 is 2.05 bits per heavy atom. The van der Waals surface area contributed by atoms with E-state index in [0.29, 0.717) is 5.56 Å². The summed E-state index contributed by atoms with van der Waals surface area (Å²) in [7, 11) is -3.70. The number of phenols is 1. The Morgan fingerprint density at radius 1 is 1.00 bits per heavy atom. The Bertz CT molecular complexity index is 688. The van der Waals surface area contributed by atoms with Gasteiger partial charge in [-0.05, 0) is 41.8 Å². The zero-order valence-electron chi connectivity index (χ0n) is 11.7. The highest BCUT2D eigenvalue weighted by atomic mass is 32.2. The van der Waals surface area contributed by atoms with Crippen molar-refractivity contribution in [3.63, 3.8) is 0 Å². The summed E-state index contributed by atoms with van der Waals surface area (Å²) in [4.78, 5) is 0.0823. The average molecular weight is 306 g/mol. The molecule has 0 aliphatic heterocycles. The molecule has 0 saturated heterocycles. The molecule has 0 bridgehead atoms. The normalized spacial score (nSPS) is 13.0. The minimum atomic E-state index is -3.70. The quantitative estimate of drug-likeness (QED) is 0.890. The average Bonchev–Trinajstić information content (AvgIpc) is 2.49. The van der Waals surface area contributed by atoms with E-state index < -0.39 is 21.7 Å². The summed E-state index contributed by atoms with van der Waals surface area (Å²) >= 11 is 0. The first-order valence-electron chi connectivity index (χ1n) is 6.71. The number of aliphatic hydroxyl groups excluding tert-OH is 1. The fourth-order valence-corrected chi connectivity index (χ4v) is 3.71. The Hall–Kier alpha value is -1.85. The van der Waals surface area contributed by atoms with Gasteiger partial charge in [-0.15, -0.1) is 0 Å². The molecular formula is C16H18O4S. The molecule has 0 aliphatic rings. The van der Waals surface area contributed by atoms with Crippen molar-refractivity contribution in [1.82, 2.24) is 0 Å². The van der Waals surface area contributed by atoms with Crippen LogP contribution in [0.2, 0.25) is 0 Å². The molecule has 112 valence electrons. The minimum absolute atomic E-state index is 0.00166. The van der Waals surface area contributed by atoms with E-state index in [4.69, 9.17) is 0 Å². The van der Waals surface area contributed by atoms with Crippen molar-refractivity contribution in [2.75, 3.05) is 6.61 Å². The molecular weight excluding hydrogens is 288 g/mol. The SMILES string of the molecule is CCc1ccc(C(CO)S(=O)(=O)c2ccc(O)cc2)cc1. The highest BCUT2D eigenvalue weighted by Gasteiger charge is 2.28. The lowest BCUT2D eigenvalue weighted by molar-refractivity contribution is 0.291. The molecule has 5 heteroatoms. The standard InChI is InChI=1S/C16H18O4S/c1-2-12-3-5-13(6-4-12)16(11-17)21(19,20)15-9-7-14(18)8-10-15/h3-10,16-18H,2,11H2,1H3. The zero-order chi connectivity index (χ0) is 15.5. The van der Waals surface area contributed by atoms with Crippen LogP contribution in [0.5, 0.6) is 5.75 Å². The number of sulfone groups is 1. The topological polar surface area (TPSA) is 74.6 Å². The molecule has 0 radical (unpaired) electrons. The van der Waals surface area contributed by atoms with Gasteiger partial charge in [0.05, 0.1) is 11.5 Å². The molecule has 2 aromatic carbocycles. The molecule has 4 nitrogen and oxygen atoms in total. The molecule has 21 heavy (non-hydrogen) atoms. The van der Waals surface area contributed by atoms with E-state index in [1.54, 1.807) is 12.1 Å². The van der Waals surface area contributed by atoms with Crippen molar-refractivity contribution in [3.8, 4) is 5.75 Å². The molecule has 2 aromatic rings. The molecule has 0 heterocycles. The van der Waals surface area contributed by atoms with Gasteiger partial charge >= 0.3 is 0 Å². The summed E-state index contributed by atoms with van der Waals surface area (Å²) in [6.07, 6.45) is 0.870. The fourth-order valence-electron chi connectivity index (χ4n) is 2.15. The number of rotatable bonds is 5. The number of aryl methyl sites for hydroxylation is 1. The molecule has 0 fully saturated rings. The lowest BCUT2D eigenvalue weighted by Gasteiger charge is -2.16. The summed E-state index contributed by atoms with van der Waals surface area (Å²) in [5, 5.41) is 17.8. The van der Waals surface area contributed by atoms with Crippen molar-refractivity contribution in [2.24, 2.45) is 0 Å². The molecule has 2 N–H and O–H groups in total. The van der Waals surface area contributed by atoms with E-state index in [0.717, 1.165) is 12.0 Å². The number of benzene rings is 2. The number of hydrogen-bond acceptors (Lipinski definition) is 4. The van der Waals surface area contributed by atoms with Crippen LogP contribution in [0.4, 0.5) is 0 Å². The Kier molecular flexibility index (Phi) is 4.65. The monoisotopic (exact) mass is 306 g/mol. The second-order valence-corrected chi connectivity index (χ2v) is 6.94. The summed E-state index contributed by atoms with van der Waals surface area (Å²) in [6.45, 7) is 1.53. The smallest absolute Gasteiger partial charge is 0.187 e. The van der Waals surface area contributed by atoms with Gasteiger partial charge in [0.2, 0.25) is 0 Å². The summed E-state index contributed by atoms with van der Waals surface area (Å²) in [5.74, 6) is 0.00166. The number of aliphatic hydroxyl groups is 1. The fraction of sp³-hybridized carbons (Fsp3) is 0.250. The first-order valence-corrected chi connectivity index (χ1v) is 8.26. The molecule has 0 amide bonds. The third kappa shape index (κ3) is 3.25. The van der Waals surface area contributed by atoms with Gasteiger partial charge < -0.3 is 10.2 Å². The Morgan fingerprint density at radius 2 is 1.57 bits per heavy atom. The second kappa shape index (κ2) is 6.28. The van der Waals surface area contributed by atoms with E-state index in [1.165, 1.54) is 24.3 Å². The maximum atomic E-state index is 12.6. The second-order valence-electron chi connectivity index (χ2n) is 4.81. The maximum absolute atomic E-state index is 12.6. The highest BCUT2D eigenvalue weighted by molar-refractivity contribution is 7.91. The van der Waals surface area contributed by atoms with Crippen LogP contribution in [0.15, 0.2) is 53.4 Å². The summed E-state index contributed by atoms with van der Waals surface area (Å²) < 4.78 is 25.2. The van der Waals surface area contributed by atoms with E-state index in [-0.39, 0.29) is 10.6 Å². The first-order chi connectivity index (χ1) is 9.98. The van der Waals surface area contributed by atoms with Crippen LogP contribution in [0.25, 0.3) is 0 Å². The first kappa shape index (κ1) is 15.5. The lowest BCUT2D eigenvalue weighted by atomic mass is 10.1. The molecule has 0 aromatic heterocycles. The zero-order valence-corrected chi connectivity index (χ0v) is 12.5. The van der Waals surface area contributed by atoms with Crippen molar-refractivity contribution >= 4 is 9.84 Å². The van der Waals surface area contributed by atoms with E-state index in [1.807, 2.05) is 19.1 Å². The van der Waals surface area contributed by atoms with E-state index in [2.05, 4.69) is 0 Å². The van der Waals surface area contributed by atoms with Gasteiger partial charge in [0.1, 0.15) is 11.0 Å². The third-order valence-electron chi connectivity index (χ3n) is 3.47. The minimum Gasteiger partial charge on any atom is -0.508 e. The van der Waals surface area contributed by atoms with E-state index >= 15 is 0 Å². The van der Waals surface area contributed by atoms with Crippen LogP contribution in [0, 0.1) is 0 Å². The van der Waals surface area contributed by atoms with Gasteiger partial charge in [0.25, 0.3) is 0 Å². The number of hydrogen-bond donors (Lipinski definition) is 2. The van der Waals surface area contributed by atoms with Crippen LogP contribution in [-0.2, 0) is 16.3 Å². The summed E-state index contributed by atoms with van der Waals surface area (Å²) in [6, 6.07) is 12.5. The van der Waals surface area contributed by atoms with Crippen LogP contribution in [0.3, 0.4) is 0 Å². The van der Waals surface area contributed by atoms with E-state index in [9.17, 15) is 18.6 Å². The largest absolute Gasteiger partial charge is 0.508 e. The van der Waals surface area contributed by atoms with Crippen LogP contribution >= 0.6 is 0 Å². The van der Waals surface area contributed by atoms with Crippen LogP contribution < -0.4 is 0 Å². The van der Waals surface area contributed by atoms with Gasteiger partial charge in [-0.1, -0.05) is 31.2 Å². The van der Waals surface area contributed by atoms with Crippen molar-refractivity contribution in [1.29, 1.82) is 0 Å². The molecule has 1 atom stereocenters. The van der Waals surface area contributed by atoms with Crippen molar-refractivity contribution < 1.29 is 18.6 Å². The van der Waals surface area contributed by atoms with Gasteiger partial charge in [-0.25, -0.2) is 8.42 Å². The predicted molar refractivity (Wildman–Crippen MR) is 80.9 cm³/mol. The Labute approximate surface area is 124 Å². The maximum Gasteiger partial charge on any atom is 0.187 e. The predicted octanol–water partition coefficient (Wildman–Crippen LogP) is 2.46. The number of aromatic hydroxyl groups is 1.